The van der Waals surface area contributed by atoms with Crippen molar-refractivity contribution in [2.75, 3.05) is 12.4 Å². The van der Waals surface area contributed by atoms with Crippen molar-refractivity contribution in [1.29, 1.82) is 0 Å². The molecule has 2 unspecified atom stereocenters. The fourth-order valence-corrected chi connectivity index (χ4v) is 3.87. The van der Waals surface area contributed by atoms with Gasteiger partial charge in [0, 0.05) is 29.4 Å². The van der Waals surface area contributed by atoms with Crippen LogP contribution in [0.2, 0.25) is 0 Å². The summed E-state index contributed by atoms with van der Waals surface area (Å²) >= 11 is 0. The van der Waals surface area contributed by atoms with Gasteiger partial charge in [-0.15, -0.1) is 10.2 Å². The van der Waals surface area contributed by atoms with Crippen LogP contribution in [0.1, 0.15) is 31.2 Å². The summed E-state index contributed by atoms with van der Waals surface area (Å²) in [5.74, 6) is 0.482. The molecule has 0 spiro atoms. The third-order valence-corrected chi connectivity index (χ3v) is 5.25. The lowest BCUT2D eigenvalue weighted by Gasteiger charge is -2.52. The Kier molecular flexibility index (Phi) is 4.03. The van der Waals surface area contributed by atoms with Gasteiger partial charge in [0.15, 0.2) is 0 Å². The van der Waals surface area contributed by atoms with Gasteiger partial charge in [-0.05, 0) is 56.4 Å². The fourth-order valence-electron chi connectivity index (χ4n) is 3.87. The summed E-state index contributed by atoms with van der Waals surface area (Å²) in [6.45, 7) is 2.02. The molecule has 4 rings (SSSR count). The lowest BCUT2D eigenvalue weighted by atomic mass is 9.80. The topological polar surface area (TPSA) is 67.3 Å². The summed E-state index contributed by atoms with van der Waals surface area (Å²) in [6.07, 6.45) is 4.66. The molecule has 2 amide bonds. The van der Waals surface area contributed by atoms with E-state index in [9.17, 15) is 4.79 Å². The van der Waals surface area contributed by atoms with Crippen molar-refractivity contribution in [3.05, 3.63) is 35.9 Å². The van der Waals surface area contributed by atoms with Crippen molar-refractivity contribution in [3.8, 4) is 17.1 Å². The predicted octanol–water partition coefficient (Wildman–Crippen LogP) is 3.62. The minimum absolute atomic E-state index is 0.0107. The fraction of sp³-hybridized carbons (Fsp3) is 0.421. The molecule has 2 aliphatic rings. The van der Waals surface area contributed by atoms with Crippen molar-refractivity contribution < 1.29 is 9.53 Å². The molecule has 6 heteroatoms. The Labute approximate surface area is 147 Å². The average Bonchev–Trinajstić information content (AvgIpc) is 2.64. The van der Waals surface area contributed by atoms with Gasteiger partial charge in [0.05, 0.1) is 12.8 Å². The lowest BCUT2D eigenvalue weighted by molar-refractivity contribution is 0.0173. The quantitative estimate of drug-likeness (QED) is 0.928. The van der Waals surface area contributed by atoms with Gasteiger partial charge in [0.1, 0.15) is 0 Å². The second-order valence-electron chi connectivity index (χ2n) is 6.80. The number of carbonyl (C=O) groups excluding carboxylic acids is 1. The van der Waals surface area contributed by atoms with Crippen LogP contribution < -0.4 is 10.1 Å². The maximum atomic E-state index is 12.6. The number of benzene rings is 1. The molecule has 0 radical (unpaired) electrons. The molecule has 1 aromatic carbocycles. The number of hydrogen-bond donors (Lipinski definition) is 1. The highest BCUT2D eigenvalue weighted by atomic mass is 16.5. The Hall–Kier alpha value is -2.63. The number of aryl methyl sites for hydroxylation is 1. The Morgan fingerprint density at radius 3 is 2.64 bits per heavy atom. The highest BCUT2D eigenvalue weighted by Crippen LogP contribution is 2.38. The molecule has 6 nitrogen and oxygen atoms in total. The van der Waals surface area contributed by atoms with Crippen LogP contribution in [0.25, 0.3) is 11.3 Å². The number of nitrogens with zero attached hydrogens (tertiary/aromatic N) is 3. The third kappa shape index (κ3) is 2.92. The van der Waals surface area contributed by atoms with Crippen molar-refractivity contribution in [1.82, 2.24) is 15.1 Å². The van der Waals surface area contributed by atoms with Crippen LogP contribution in [0, 0.1) is 6.92 Å². The van der Waals surface area contributed by atoms with Crippen LogP contribution >= 0.6 is 0 Å². The summed E-state index contributed by atoms with van der Waals surface area (Å²) in [5, 5.41) is 11.3. The van der Waals surface area contributed by atoms with Gasteiger partial charge in [-0.25, -0.2) is 4.79 Å². The van der Waals surface area contributed by atoms with Crippen molar-refractivity contribution in [2.45, 2.75) is 44.7 Å². The number of piperidine rings is 1. The van der Waals surface area contributed by atoms with E-state index in [-0.39, 0.29) is 6.03 Å². The molecule has 130 valence electrons. The van der Waals surface area contributed by atoms with Gasteiger partial charge >= 0.3 is 6.03 Å². The van der Waals surface area contributed by atoms with Crippen LogP contribution in [0.15, 0.2) is 30.3 Å². The Bertz CT molecular complexity index is 777. The van der Waals surface area contributed by atoms with Gasteiger partial charge in [-0.2, -0.15) is 0 Å². The molecular weight excluding hydrogens is 316 g/mol. The number of methoxy groups -OCH3 is 1. The first-order valence-corrected chi connectivity index (χ1v) is 8.74. The normalized spacial score (nSPS) is 21.4. The van der Waals surface area contributed by atoms with E-state index < -0.39 is 0 Å². The van der Waals surface area contributed by atoms with Crippen LogP contribution in [0.4, 0.5) is 10.5 Å². The highest BCUT2D eigenvalue weighted by molar-refractivity contribution is 5.91. The van der Waals surface area contributed by atoms with E-state index in [1.54, 1.807) is 13.2 Å². The van der Waals surface area contributed by atoms with Gasteiger partial charge in [-0.3, -0.25) is 0 Å². The molecule has 2 fully saturated rings. The molecular formula is C19H22N4O2. The number of amides is 2. The van der Waals surface area contributed by atoms with E-state index in [0.29, 0.717) is 18.0 Å². The zero-order chi connectivity index (χ0) is 17.4. The zero-order valence-corrected chi connectivity index (χ0v) is 14.5. The van der Waals surface area contributed by atoms with Crippen LogP contribution in [0.5, 0.6) is 5.88 Å². The molecule has 0 aliphatic carbocycles. The van der Waals surface area contributed by atoms with E-state index in [2.05, 4.69) is 15.5 Å². The number of carbonyl (C=O) groups is 1. The van der Waals surface area contributed by atoms with Crippen molar-refractivity contribution in [2.24, 2.45) is 0 Å². The Morgan fingerprint density at radius 2 is 2.00 bits per heavy atom. The maximum absolute atomic E-state index is 12.6. The van der Waals surface area contributed by atoms with Gasteiger partial charge in [-0.1, -0.05) is 6.07 Å². The maximum Gasteiger partial charge on any atom is 0.322 e. The van der Waals surface area contributed by atoms with Crippen LogP contribution in [-0.4, -0.2) is 40.3 Å². The summed E-state index contributed by atoms with van der Waals surface area (Å²) in [6, 6.07) is 10.4. The SMILES string of the molecule is COc1ccc(-c2cc(NC(=O)N3C4CCCC3C4)ccc2C)nn1. The van der Waals surface area contributed by atoms with Gasteiger partial charge in [0.2, 0.25) is 5.88 Å². The number of aromatic nitrogens is 2. The number of nitrogens with one attached hydrogen (secondary N) is 1. The number of ether oxygens (including phenoxy) is 1. The molecule has 3 heterocycles. The first-order chi connectivity index (χ1) is 12.2. The van der Waals surface area contributed by atoms with Crippen molar-refractivity contribution in [3.63, 3.8) is 0 Å². The molecule has 1 aromatic heterocycles. The molecule has 25 heavy (non-hydrogen) atoms. The highest BCUT2D eigenvalue weighted by Gasteiger charge is 2.44. The Balaban J connectivity index is 1.53. The summed E-state index contributed by atoms with van der Waals surface area (Å²) in [7, 11) is 1.57. The monoisotopic (exact) mass is 338 g/mol. The molecule has 2 aromatic rings. The molecule has 2 saturated heterocycles. The summed E-state index contributed by atoms with van der Waals surface area (Å²) in [4.78, 5) is 14.6. The van der Waals surface area contributed by atoms with Gasteiger partial charge in [0.25, 0.3) is 0 Å². The van der Waals surface area contributed by atoms with E-state index in [0.717, 1.165) is 41.8 Å². The predicted molar refractivity (Wildman–Crippen MR) is 95.7 cm³/mol. The third-order valence-electron chi connectivity index (χ3n) is 5.25. The zero-order valence-electron chi connectivity index (χ0n) is 14.5. The second-order valence-corrected chi connectivity index (χ2v) is 6.80. The van der Waals surface area contributed by atoms with E-state index in [4.69, 9.17) is 4.74 Å². The molecule has 0 saturated carbocycles. The van der Waals surface area contributed by atoms with Gasteiger partial charge < -0.3 is 15.0 Å². The lowest BCUT2D eigenvalue weighted by Crippen LogP contribution is -2.62. The number of hydrogen-bond acceptors (Lipinski definition) is 4. The molecule has 2 bridgehead atoms. The smallest absolute Gasteiger partial charge is 0.322 e. The van der Waals surface area contributed by atoms with E-state index >= 15 is 0 Å². The first-order valence-electron chi connectivity index (χ1n) is 8.74. The summed E-state index contributed by atoms with van der Waals surface area (Å²) in [5.41, 5.74) is 3.58. The number of rotatable bonds is 3. The minimum atomic E-state index is 0.0107. The second kappa shape index (κ2) is 6.35. The molecule has 2 aliphatic heterocycles. The Morgan fingerprint density at radius 1 is 1.20 bits per heavy atom. The minimum Gasteiger partial charge on any atom is -0.480 e. The van der Waals surface area contributed by atoms with Crippen LogP contribution in [0.3, 0.4) is 0 Å². The van der Waals surface area contributed by atoms with E-state index in [1.807, 2.05) is 36.1 Å². The average molecular weight is 338 g/mol. The largest absolute Gasteiger partial charge is 0.480 e. The summed E-state index contributed by atoms with van der Waals surface area (Å²) < 4.78 is 5.06. The van der Waals surface area contributed by atoms with Crippen molar-refractivity contribution >= 4 is 11.7 Å². The molecule has 1 N–H and O–H groups in total. The number of anilines is 1. The standard InChI is InChI=1S/C19H22N4O2/c1-12-6-7-13(10-16(12)17-8-9-18(25-2)22-21-17)20-19(24)23-14-4-3-5-15(23)11-14/h6-10,14-15H,3-5,11H2,1-2H3,(H,20,24). The molecule has 2 atom stereocenters. The van der Waals surface area contributed by atoms with E-state index in [1.165, 1.54) is 6.42 Å². The first kappa shape index (κ1) is 15.9. The van der Waals surface area contributed by atoms with Crippen LogP contribution in [-0.2, 0) is 0 Å². The number of fused-ring (bicyclic) bond motifs is 2. The number of urea groups is 1.